The molecule has 0 saturated carbocycles. The number of nitrogens with one attached hydrogen (secondary N) is 2. The maximum absolute atomic E-state index is 11.0. The van der Waals surface area contributed by atoms with Gasteiger partial charge in [0.1, 0.15) is 11.6 Å². The number of nitro groups is 1. The summed E-state index contributed by atoms with van der Waals surface area (Å²) < 4.78 is 0. The van der Waals surface area contributed by atoms with Crippen molar-refractivity contribution in [3.8, 4) is 0 Å². The summed E-state index contributed by atoms with van der Waals surface area (Å²) in [5.74, 6) is 0.677. The van der Waals surface area contributed by atoms with Gasteiger partial charge in [0.25, 0.3) is 5.69 Å². The van der Waals surface area contributed by atoms with Gasteiger partial charge in [-0.3, -0.25) is 15.4 Å². The average Bonchev–Trinajstić information content (AvgIpc) is 2.78. The van der Waals surface area contributed by atoms with Crippen molar-refractivity contribution in [3.63, 3.8) is 0 Å². The number of hydrogen-bond donors (Lipinski definition) is 4. The van der Waals surface area contributed by atoms with Crippen LogP contribution in [-0.2, 0) is 0 Å². The first-order chi connectivity index (χ1) is 10.4. The van der Waals surface area contributed by atoms with Gasteiger partial charge >= 0.3 is 0 Å². The highest BCUT2D eigenvalue weighted by Gasteiger charge is 2.18. The number of benzene rings is 1. The predicted molar refractivity (Wildman–Crippen MR) is 81.9 cm³/mol. The van der Waals surface area contributed by atoms with Gasteiger partial charge in [-0.15, -0.1) is 0 Å². The van der Waals surface area contributed by atoms with Crippen molar-refractivity contribution < 1.29 is 4.92 Å². The van der Waals surface area contributed by atoms with E-state index in [9.17, 15) is 10.1 Å². The summed E-state index contributed by atoms with van der Waals surface area (Å²) in [6.45, 7) is 0. The molecule has 0 radical (unpaired) electrons. The number of halogens is 1. The van der Waals surface area contributed by atoms with Crippen LogP contribution >= 0.6 is 11.6 Å². The quantitative estimate of drug-likeness (QED) is 0.419. The van der Waals surface area contributed by atoms with Gasteiger partial charge in [0.2, 0.25) is 11.9 Å². The molecule has 112 valence electrons. The van der Waals surface area contributed by atoms with Crippen LogP contribution in [0, 0.1) is 10.1 Å². The van der Waals surface area contributed by atoms with Crippen LogP contribution in [0.5, 0.6) is 0 Å². The normalized spacial score (nSPS) is 10.8. The fourth-order valence-corrected chi connectivity index (χ4v) is 2.12. The Balaban J connectivity index is 2.05. The molecule has 0 unspecified atom stereocenters. The van der Waals surface area contributed by atoms with Gasteiger partial charge < -0.3 is 16.5 Å². The zero-order chi connectivity index (χ0) is 15.9. The third-order valence-corrected chi connectivity index (χ3v) is 2.94. The van der Waals surface area contributed by atoms with E-state index in [0.29, 0.717) is 5.52 Å². The summed E-state index contributed by atoms with van der Waals surface area (Å²) >= 11 is 5.85. The maximum Gasteiger partial charge on any atom is 0.298 e. The van der Waals surface area contributed by atoms with Crippen LogP contribution in [0.25, 0.3) is 11.0 Å². The van der Waals surface area contributed by atoms with Gasteiger partial charge in [-0.1, -0.05) is 11.6 Å². The number of rotatable bonds is 3. The summed E-state index contributed by atoms with van der Waals surface area (Å²) in [5.41, 5.74) is 11.5. The van der Waals surface area contributed by atoms with Gasteiger partial charge in [-0.2, -0.15) is 9.97 Å². The minimum atomic E-state index is -0.562. The molecule has 2 aromatic heterocycles. The fraction of sp³-hybridized carbons (Fsp3) is 0. The molecule has 3 aromatic rings. The van der Waals surface area contributed by atoms with Crippen LogP contribution in [0.15, 0.2) is 18.2 Å². The number of imidazole rings is 1. The number of aromatic amines is 1. The lowest BCUT2D eigenvalue weighted by atomic mass is 10.3. The lowest BCUT2D eigenvalue weighted by Gasteiger charge is -2.02. The number of anilines is 4. The molecule has 22 heavy (non-hydrogen) atoms. The van der Waals surface area contributed by atoms with E-state index in [1.54, 1.807) is 0 Å². The maximum atomic E-state index is 11.0. The molecule has 0 aliphatic heterocycles. The number of nitrogen functional groups attached to an aromatic ring is 2. The van der Waals surface area contributed by atoms with E-state index in [1.807, 2.05) is 0 Å². The fourth-order valence-electron chi connectivity index (χ4n) is 1.91. The Hall–Kier alpha value is -3.14. The summed E-state index contributed by atoms with van der Waals surface area (Å²) in [4.78, 5) is 25.3. The molecule has 6 N–H and O–H groups in total. The zero-order valence-corrected chi connectivity index (χ0v) is 11.6. The Labute approximate surface area is 127 Å². The molecule has 10 nitrogen and oxygen atoms in total. The van der Waals surface area contributed by atoms with Crippen LogP contribution in [0.4, 0.5) is 29.2 Å². The van der Waals surface area contributed by atoms with Gasteiger partial charge in [-0.25, -0.2) is 4.98 Å². The highest BCUT2D eigenvalue weighted by atomic mass is 35.5. The summed E-state index contributed by atoms with van der Waals surface area (Å²) in [7, 11) is 0. The van der Waals surface area contributed by atoms with Crippen LogP contribution in [0.1, 0.15) is 0 Å². The Bertz CT molecular complexity index is 873. The van der Waals surface area contributed by atoms with Crippen molar-refractivity contribution in [1.82, 2.24) is 19.9 Å². The second-order valence-electron chi connectivity index (χ2n) is 4.33. The summed E-state index contributed by atoms with van der Waals surface area (Å²) in [6.07, 6.45) is 0. The molecule has 0 bridgehead atoms. The van der Waals surface area contributed by atoms with Crippen LogP contribution in [-0.4, -0.2) is 24.9 Å². The van der Waals surface area contributed by atoms with E-state index in [1.165, 1.54) is 18.2 Å². The van der Waals surface area contributed by atoms with Crippen molar-refractivity contribution in [2.45, 2.75) is 0 Å². The molecule has 0 amide bonds. The molecule has 0 saturated heterocycles. The number of aromatic nitrogens is 4. The van der Waals surface area contributed by atoms with Crippen molar-refractivity contribution in [1.29, 1.82) is 0 Å². The highest BCUT2D eigenvalue weighted by Crippen LogP contribution is 2.29. The number of fused-ring (bicyclic) bond motifs is 1. The van der Waals surface area contributed by atoms with Crippen molar-refractivity contribution in [3.05, 3.63) is 33.3 Å². The zero-order valence-electron chi connectivity index (χ0n) is 10.9. The smallest absolute Gasteiger partial charge is 0.298 e. The standard InChI is InChI=1S/C11H9ClN8O2/c12-4-1-5-9(6(2-4)20(21)22)18-10(15-5)19-11-16-7(13)3-8(14)17-11/h1-3H,(H6,13,14,15,16,17,18,19). The average molecular weight is 321 g/mol. The molecule has 0 aliphatic rings. The van der Waals surface area contributed by atoms with Crippen LogP contribution in [0.3, 0.4) is 0 Å². The molecular weight excluding hydrogens is 312 g/mol. The largest absolute Gasteiger partial charge is 0.383 e. The van der Waals surface area contributed by atoms with E-state index in [0.717, 1.165) is 0 Å². The number of nitro benzene ring substituents is 1. The lowest BCUT2D eigenvalue weighted by molar-refractivity contribution is -0.383. The highest BCUT2D eigenvalue weighted by molar-refractivity contribution is 6.31. The number of H-pyrrole nitrogens is 1. The Morgan fingerprint density at radius 1 is 1.18 bits per heavy atom. The van der Waals surface area contributed by atoms with Gasteiger partial charge in [0.15, 0.2) is 5.52 Å². The molecule has 0 spiro atoms. The van der Waals surface area contributed by atoms with Crippen LogP contribution in [0.2, 0.25) is 5.02 Å². The topological polar surface area (TPSA) is 162 Å². The molecule has 0 fully saturated rings. The van der Waals surface area contributed by atoms with Gasteiger partial charge in [0, 0.05) is 17.2 Å². The van der Waals surface area contributed by atoms with E-state index in [-0.39, 0.29) is 39.8 Å². The first-order valence-corrected chi connectivity index (χ1v) is 6.31. The van der Waals surface area contributed by atoms with Gasteiger partial charge in [-0.05, 0) is 6.07 Å². The van der Waals surface area contributed by atoms with Crippen molar-refractivity contribution in [2.75, 3.05) is 16.8 Å². The first kappa shape index (κ1) is 13.8. The van der Waals surface area contributed by atoms with Crippen molar-refractivity contribution in [2.24, 2.45) is 0 Å². The SMILES string of the molecule is Nc1cc(N)nc(Nc2nc3c([N+](=O)[O-])cc(Cl)cc3[nH]2)n1. The monoisotopic (exact) mass is 320 g/mol. The molecule has 3 rings (SSSR count). The predicted octanol–water partition coefficient (Wildman–Crippen LogP) is 1.82. The minimum Gasteiger partial charge on any atom is -0.383 e. The summed E-state index contributed by atoms with van der Waals surface area (Å²) in [6, 6.07) is 4.15. The van der Waals surface area contributed by atoms with E-state index in [4.69, 9.17) is 23.1 Å². The second-order valence-corrected chi connectivity index (χ2v) is 4.77. The molecule has 0 atom stereocenters. The molecule has 0 aliphatic carbocycles. The minimum absolute atomic E-state index is 0.116. The second kappa shape index (κ2) is 5.00. The summed E-state index contributed by atoms with van der Waals surface area (Å²) in [5, 5.41) is 14.0. The van der Waals surface area contributed by atoms with E-state index in [2.05, 4.69) is 25.3 Å². The Kier molecular flexibility index (Phi) is 3.14. The van der Waals surface area contributed by atoms with Crippen molar-refractivity contribution >= 4 is 51.9 Å². The molecular formula is C11H9ClN8O2. The number of hydrogen-bond acceptors (Lipinski definition) is 8. The van der Waals surface area contributed by atoms with Gasteiger partial charge in [0.05, 0.1) is 10.4 Å². The molecule has 11 heteroatoms. The van der Waals surface area contributed by atoms with E-state index < -0.39 is 4.92 Å². The third-order valence-electron chi connectivity index (χ3n) is 2.72. The molecule has 2 heterocycles. The van der Waals surface area contributed by atoms with E-state index >= 15 is 0 Å². The lowest BCUT2D eigenvalue weighted by Crippen LogP contribution is -2.03. The third kappa shape index (κ3) is 2.54. The number of nitrogens with two attached hydrogens (primary N) is 2. The molecule has 1 aromatic carbocycles. The van der Waals surface area contributed by atoms with Crippen LogP contribution < -0.4 is 16.8 Å². The first-order valence-electron chi connectivity index (χ1n) is 5.93. The Morgan fingerprint density at radius 3 is 2.50 bits per heavy atom. The number of nitrogens with zero attached hydrogens (tertiary/aromatic N) is 4. The number of non-ortho nitro benzene ring substituents is 1. The Morgan fingerprint density at radius 2 is 1.86 bits per heavy atom.